The quantitative estimate of drug-likeness (QED) is 0.283. The highest BCUT2D eigenvalue weighted by Gasteiger charge is 2.29. The van der Waals surface area contributed by atoms with E-state index in [2.05, 4.69) is 25.8 Å². The van der Waals surface area contributed by atoms with Gasteiger partial charge in [-0.15, -0.1) is 24.0 Å². The Morgan fingerprint density at radius 1 is 1.00 bits per heavy atom. The Hall–Kier alpha value is -1.30. The number of aliphatic imine (C=N–C) groups is 1. The molecule has 2 saturated heterocycles. The third kappa shape index (κ3) is 7.26. The Balaban J connectivity index is 0.00000280. The second kappa shape index (κ2) is 11.0. The molecule has 3 rings (SSSR count). The summed E-state index contributed by atoms with van der Waals surface area (Å²) in [6.07, 6.45) is 4.89. The molecule has 2 heterocycles. The van der Waals surface area contributed by atoms with Crippen LogP contribution in [0.1, 0.15) is 32.1 Å². The van der Waals surface area contributed by atoms with Crippen molar-refractivity contribution >= 4 is 41.9 Å². The van der Waals surface area contributed by atoms with Crippen LogP contribution in [0.3, 0.4) is 0 Å². The molecule has 1 aliphatic carbocycles. The molecule has 9 nitrogen and oxygen atoms in total. The number of rotatable bonds is 5. The first-order chi connectivity index (χ1) is 13.0. The topological polar surface area (TPSA) is 98.3 Å². The van der Waals surface area contributed by atoms with Crippen LogP contribution in [0.25, 0.3) is 0 Å². The molecule has 28 heavy (non-hydrogen) atoms. The molecule has 0 aromatic carbocycles. The van der Waals surface area contributed by atoms with Crippen LogP contribution in [0, 0.1) is 0 Å². The fourth-order valence-corrected chi connectivity index (χ4v) is 3.26. The number of carbonyl (C=O) groups excluding carboxylic acids is 2. The van der Waals surface area contributed by atoms with Crippen molar-refractivity contribution in [1.29, 1.82) is 0 Å². The summed E-state index contributed by atoms with van der Waals surface area (Å²) in [5.74, 6) is 0.725. The van der Waals surface area contributed by atoms with Crippen molar-refractivity contribution in [3.63, 3.8) is 0 Å². The maximum Gasteiger partial charge on any atom is 0.315 e. The molecule has 160 valence electrons. The molecule has 3 aliphatic rings. The van der Waals surface area contributed by atoms with E-state index in [1.165, 1.54) is 0 Å². The number of guanidine groups is 1. The summed E-state index contributed by atoms with van der Waals surface area (Å²) in [5, 5.41) is 9.52. The van der Waals surface area contributed by atoms with Crippen molar-refractivity contribution in [3.05, 3.63) is 0 Å². The van der Waals surface area contributed by atoms with Crippen molar-refractivity contribution in [1.82, 2.24) is 25.8 Å². The third-order valence-electron chi connectivity index (χ3n) is 5.15. The van der Waals surface area contributed by atoms with Crippen molar-refractivity contribution in [3.8, 4) is 0 Å². The van der Waals surface area contributed by atoms with E-state index in [-0.39, 0.29) is 48.5 Å². The minimum absolute atomic E-state index is 0. The molecule has 0 spiro atoms. The van der Waals surface area contributed by atoms with E-state index >= 15 is 0 Å². The molecular weight excluding hydrogens is 475 g/mol. The lowest BCUT2D eigenvalue weighted by Crippen LogP contribution is -2.49. The summed E-state index contributed by atoms with van der Waals surface area (Å²) in [4.78, 5) is 32.2. The second-order valence-corrected chi connectivity index (χ2v) is 7.78. The molecule has 2 aliphatic heterocycles. The minimum atomic E-state index is -0.0805. The first kappa shape index (κ1) is 23.0. The number of carbonyl (C=O) groups is 2. The van der Waals surface area contributed by atoms with E-state index in [1.807, 2.05) is 0 Å². The molecule has 1 unspecified atom stereocenters. The van der Waals surface area contributed by atoms with E-state index in [1.54, 1.807) is 19.0 Å². The smallest absolute Gasteiger partial charge is 0.315 e. The van der Waals surface area contributed by atoms with Gasteiger partial charge in [0.15, 0.2) is 5.96 Å². The van der Waals surface area contributed by atoms with Crippen LogP contribution in [0.4, 0.5) is 4.79 Å². The van der Waals surface area contributed by atoms with Crippen LogP contribution in [0.2, 0.25) is 0 Å². The number of ether oxygens (including phenoxy) is 1. The first-order valence-electron chi connectivity index (χ1n) is 9.92. The van der Waals surface area contributed by atoms with E-state index < -0.39 is 0 Å². The number of amides is 3. The van der Waals surface area contributed by atoms with Gasteiger partial charge in [0.05, 0.1) is 0 Å². The molecular formula is C18H33IN6O3. The number of urea groups is 1. The zero-order chi connectivity index (χ0) is 19.2. The van der Waals surface area contributed by atoms with Crippen LogP contribution < -0.4 is 16.0 Å². The predicted molar refractivity (Wildman–Crippen MR) is 118 cm³/mol. The lowest BCUT2D eigenvalue weighted by molar-refractivity contribution is -0.127. The number of hydrogen-bond acceptors (Lipinski definition) is 4. The van der Waals surface area contributed by atoms with Crippen LogP contribution in [-0.2, 0) is 9.53 Å². The highest BCUT2D eigenvalue weighted by Crippen LogP contribution is 2.18. The standard InChI is InChI=1S/C18H32N6O3.HI/c1-23(2)16(25)11-19-17(20-14-6-9-27-10-7-14)24-8-5-15(12-24)22-18(26)21-13-3-4-13;/h13-15H,3-12H2,1-2H3,(H,19,20)(H2,21,22,26);1H. The summed E-state index contributed by atoms with van der Waals surface area (Å²) in [5.41, 5.74) is 0. The SMILES string of the molecule is CN(C)C(=O)CN=C(NC1CCOCC1)N1CCC(NC(=O)NC2CC2)C1.I. The maximum absolute atomic E-state index is 12.0. The van der Waals surface area contributed by atoms with Crippen molar-refractivity contribution in [2.75, 3.05) is 46.9 Å². The zero-order valence-electron chi connectivity index (χ0n) is 16.8. The van der Waals surface area contributed by atoms with E-state index in [9.17, 15) is 9.59 Å². The predicted octanol–water partition coefficient (Wildman–Crippen LogP) is 0.353. The zero-order valence-corrected chi connectivity index (χ0v) is 19.1. The molecule has 3 fully saturated rings. The van der Waals surface area contributed by atoms with Gasteiger partial charge in [-0.25, -0.2) is 9.79 Å². The van der Waals surface area contributed by atoms with Crippen molar-refractivity contribution in [2.24, 2.45) is 4.99 Å². The monoisotopic (exact) mass is 508 g/mol. The minimum Gasteiger partial charge on any atom is -0.381 e. The lowest BCUT2D eigenvalue weighted by Gasteiger charge is -2.29. The Labute approximate surface area is 184 Å². The molecule has 3 amide bonds. The number of nitrogens with zero attached hydrogens (tertiary/aromatic N) is 3. The van der Waals surface area contributed by atoms with Gasteiger partial charge in [-0.1, -0.05) is 0 Å². The van der Waals surface area contributed by atoms with Crippen LogP contribution >= 0.6 is 24.0 Å². The second-order valence-electron chi connectivity index (χ2n) is 7.78. The molecule has 1 saturated carbocycles. The van der Waals surface area contributed by atoms with Gasteiger partial charge < -0.3 is 30.5 Å². The molecule has 0 aromatic heterocycles. The van der Waals surface area contributed by atoms with Gasteiger partial charge in [0.2, 0.25) is 5.91 Å². The van der Waals surface area contributed by atoms with Crippen LogP contribution in [0.5, 0.6) is 0 Å². The van der Waals surface area contributed by atoms with Crippen molar-refractivity contribution in [2.45, 2.75) is 50.2 Å². The van der Waals surface area contributed by atoms with Crippen LogP contribution in [-0.4, -0.2) is 92.8 Å². The van der Waals surface area contributed by atoms with Gasteiger partial charge in [-0.3, -0.25) is 4.79 Å². The van der Waals surface area contributed by atoms with Gasteiger partial charge in [-0.05, 0) is 32.1 Å². The van der Waals surface area contributed by atoms with Gasteiger partial charge in [0.25, 0.3) is 0 Å². The van der Waals surface area contributed by atoms with Gasteiger partial charge in [-0.2, -0.15) is 0 Å². The summed E-state index contributed by atoms with van der Waals surface area (Å²) in [6.45, 7) is 3.11. The number of nitrogens with one attached hydrogen (secondary N) is 3. The Kier molecular flexibility index (Phi) is 9.06. The maximum atomic E-state index is 12.0. The Morgan fingerprint density at radius 2 is 1.64 bits per heavy atom. The summed E-state index contributed by atoms with van der Waals surface area (Å²) < 4.78 is 5.43. The number of likely N-dealkylation sites (tertiary alicyclic amines) is 1. The van der Waals surface area contributed by atoms with Gasteiger partial charge >= 0.3 is 6.03 Å². The highest BCUT2D eigenvalue weighted by molar-refractivity contribution is 14.0. The fraction of sp³-hybridized carbons (Fsp3) is 0.833. The lowest BCUT2D eigenvalue weighted by atomic mass is 10.1. The average Bonchev–Trinajstić information content (AvgIpc) is 3.34. The summed E-state index contributed by atoms with van der Waals surface area (Å²) in [7, 11) is 3.47. The molecule has 3 N–H and O–H groups in total. The summed E-state index contributed by atoms with van der Waals surface area (Å²) >= 11 is 0. The molecule has 0 bridgehead atoms. The molecule has 0 radical (unpaired) electrons. The van der Waals surface area contributed by atoms with Gasteiger partial charge in [0.1, 0.15) is 6.54 Å². The highest BCUT2D eigenvalue weighted by atomic mass is 127. The van der Waals surface area contributed by atoms with E-state index in [0.717, 1.165) is 57.8 Å². The van der Waals surface area contributed by atoms with E-state index in [4.69, 9.17) is 4.74 Å². The van der Waals surface area contributed by atoms with Crippen LogP contribution in [0.15, 0.2) is 4.99 Å². The Bertz CT molecular complexity index is 564. The summed E-state index contributed by atoms with van der Waals surface area (Å²) in [6, 6.07) is 0.669. The Morgan fingerprint density at radius 3 is 2.29 bits per heavy atom. The van der Waals surface area contributed by atoms with Crippen molar-refractivity contribution < 1.29 is 14.3 Å². The molecule has 1 atom stereocenters. The third-order valence-corrected chi connectivity index (χ3v) is 5.15. The largest absolute Gasteiger partial charge is 0.381 e. The average molecular weight is 508 g/mol. The van der Waals surface area contributed by atoms with Gasteiger partial charge in [0, 0.05) is 58.5 Å². The van der Waals surface area contributed by atoms with E-state index in [0.29, 0.717) is 18.6 Å². The number of likely N-dealkylation sites (N-methyl/N-ethyl adjacent to an activating group) is 1. The number of halogens is 1. The first-order valence-corrected chi connectivity index (χ1v) is 9.92. The molecule has 0 aromatic rings. The normalized spacial score (nSPS) is 23.0. The molecule has 10 heteroatoms. The fourth-order valence-electron chi connectivity index (χ4n) is 3.26. The number of hydrogen-bond donors (Lipinski definition) is 3.